The number of rotatable bonds is 8. The van der Waals surface area contributed by atoms with E-state index in [9.17, 15) is 14.4 Å². The zero-order valence-corrected chi connectivity index (χ0v) is 17.5. The fourth-order valence-electron chi connectivity index (χ4n) is 4.28. The third-order valence-corrected chi connectivity index (χ3v) is 6.35. The highest BCUT2D eigenvalue weighted by Crippen LogP contribution is 2.51. The standard InChI is InChI=1S/C24H27N3O3/c1-26(2)15-13-24(11-12-24)17-8-6-16(7-9-17)10-14-27-22(29)19-5-3-4-18(21(25)28)20(19)23(27)30/h3-9H,10-15H2,1-2H3,(H2,25,28). The molecule has 6 heteroatoms. The zero-order chi connectivity index (χ0) is 21.5. The number of hydrogen-bond donors (Lipinski definition) is 1. The van der Waals surface area contributed by atoms with Crippen LogP contribution in [0.1, 0.15) is 61.5 Å². The van der Waals surface area contributed by atoms with Crippen LogP contribution in [-0.4, -0.2) is 54.7 Å². The monoisotopic (exact) mass is 405 g/mol. The van der Waals surface area contributed by atoms with Gasteiger partial charge in [-0.05, 0) is 75.0 Å². The summed E-state index contributed by atoms with van der Waals surface area (Å²) in [5.41, 5.74) is 8.62. The van der Waals surface area contributed by atoms with E-state index in [0.29, 0.717) is 11.8 Å². The predicted octanol–water partition coefficient (Wildman–Crippen LogP) is 2.61. The molecule has 6 nitrogen and oxygen atoms in total. The summed E-state index contributed by atoms with van der Waals surface area (Å²) in [7, 11) is 4.20. The van der Waals surface area contributed by atoms with Crippen LogP contribution in [0.5, 0.6) is 0 Å². The number of primary amides is 1. The van der Waals surface area contributed by atoms with Gasteiger partial charge in [-0.1, -0.05) is 30.3 Å². The highest BCUT2D eigenvalue weighted by molar-refractivity contribution is 6.24. The average Bonchev–Trinajstić information content (AvgIpc) is 3.48. The second kappa shape index (κ2) is 7.69. The van der Waals surface area contributed by atoms with Crippen LogP contribution < -0.4 is 5.73 Å². The molecule has 0 radical (unpaired) electrons. The van der Waals surface area contributed by atoms with Crippen LogP contribution in [0.15, 0.2) is 42.5 Å². The van der Waals surface area contributed by atoms with Crippen LogP contribution in [0.25, 0.3) is 0 Å². The van der Waals surface area contributed by atoms with Crippen LogP contribution in [0, 0.1) is 0 Å². The highest BCUT2D eigenvalue weighted by atomic mass is 16.2. The summed E-state index contributed by atoms with van der Waals surface area (Å²) in [4.78, 5) is 40.5. The summed E-state index contributed by atoms with van der Waals surface area (Å²) in [5.74, 6) is -1.51. The molecule has 0 aromatic heterocycles. The molecule has 1 heterocycles. The number of hydrogen-bond acceptors (Lipinski definition) is 4. The lowest BCUT2D eigenvalue weighted by atomic mass is 9.91. The Morgan fingerprint density at radius 1 is 1.07 bits per heavy atom. The summed E-state index contributed by atoms with van der Waals surface area (Å²) >= 11 is 0. The Morgan fingerprint density at radius 2 is 1.77 bits per heavy atom. The molecule has 2 aliphatic rings. The molecule has 0 saturated heterocycles. The van der Waals surface area contributed by atoms with E-state index in [1.807, 2.05) is 0 Å². The van der Waals surface area contributed by atoms with E-state index in [4.69, 9.17) is 5.73 Å². The highest BCUT2D eigenvalue weighted by Gasteiger charge is 2.43. The van der Waals surface area contributed by atoms with E-state index in [0.717, 1.165) is 18.5 Å². The molecule has 4 rings (SSSR count). The smallest absolute Gasteiger partial charge is 0.262 e. The van der Waals surface area contributed by atoms with Gasteiger partial charge in [-0.15, -0.1) is 0 Å². The first kappa shape index (κ1) is 20.3. The SMILES string of the molecule is CN(C)CCC1(c2ccc(CCN3C(=O)c4cccc(C(N)=O)c4C3=O)cc2)CC1. The number of fused-ring (bicyclic) bond motifs is 1. The maximum absolute atomic E-state index is 12.8. The minimum atomic E-state index is -0.700. The van der Waals surface area contributed by atoms with Crippen LogP contribution in [0.2, 0.25) is 0 Å². The van der Waals surface area contributed by atoms with Gasteiger partial charge in [0.1, 0.15) is 0 Å². The van der Waals surface area contributed by atoms with Crippen molar-refractivity contribution in [2.45, 2.75) is 31.1 Å². The molecule has 3 amide bonds. The van der Waals surface area contributed by atoms with Crippen LogP contribution in [-0.2, 0) is 11.8 Å². The molecule has 30 heavy (non-hydrogen) atoms. The van der Waals surface area contributed by atoms with Crippen molar-refractivity contribution in [3.05, 3.63) is 70.3 Å². The van der Waals surface area contributed by atoms with Gasteiger partial charge in [0, 0.05) is 6.54 Å². The Hall–Kier alpha value is -2.99. The Bertz CT molecular complexity index is 1010. The first-order valence-corrected chi connectivity index (χ1v) is 10.4. The molecule has 1 saturated carbocycles. The minimum Gasteiger partial charge on any atom is -0.366 e. The molecule has 1 aliphatic heterocycles. The van der Waals surface area contributed by atoms with Crippen LogP contribution in [0.4, 0.5) is 0 Å². The molecule has 2 N–H and O–H groups in total. The van der Waals surface area contributed by atoms with E-state index in [-0.39, 0.29) is 29.1 Å². The van der Waals surface area contributed by atoms with Crippen molar-refractivity contribution < 1.29 is 14.4 Å². The maximum Gasteiger partial charge on any atom is 0.262 e. The summed E-state index contributed by atoms with van der Waals surface area (Å²) in [6.45, 7) is 1.35. The van der Waals surface area contributed by atoms with E-state index in [1.165, 1.54) is 29.4 Å². The lowest BCUT2D eigenvalue weighted by Gasteiger charge is -2.19. The summed E-state index contributed by atoms with van der Waals surface area (Å²) in [6, 6.07) is 13.2. The number of imide groups is 1. The number of amides is 3. The Morgan fingerprint density at radius 3 is 2.37 bits per heavy atom. The fraction of sp³-hybridized carbons (Fsp3) is 0.375. The third kappa shape index (κ3) is 3.63. The van der Waals surface area contributed by atoms with Gasteiger partial charge in [0.2, 0.25) is 5.91 Å². The maximum atomic E-state index is 12.8. The average molecular weight is 405 g/mol. The minimum absolute atomic E-state index is 0.102. The molecule has 0 unspecified atom stereocenters. The molecule has 0 atom stereocenters. The molecule has 1 fully saturated rings. The van der Waals surface area contributed by atoms with Crippen LogP contribution >= 0.6 is 0 Å². The predicted molar refractivity (Wildman–Crippen MR) is 115 cm³/mol. The Kier molecular flexibility index (Phi) is 5.20. The zero-order valence-electron chi connectivity index (χ0n) is 17.5. The topological polar surface area (TPSA) is 83.7 Å². The summed E-state index contributed by atoms with van der Waals surface area (Å²) < 4.78 is 0. The molecule has 2 aromatic rings. The van der Waals surface area contributed by atoms with E-state index in [2.05, 4.69) is 43.3 Å². The quantitative estimate of drug-likeness (QED) is 0.685. The van der Waals surface area contributed by atoms with Gasteiger partial charge < -0.3 is 10.6 Å². The number of benzene rings is 2. The summed E-state index contributed by atoms with van der Waals surface area (Å²) in [6.07, 6.45) is 4.20. The van der Waals surface area contributed by atoms with Crippen molar-refractivity contribution in [1.29, 1.82) is 0 Å². The van der Waals surface area contributed by atoms with Crippen molar-refractivity contribution in [2.75, 3.05) is 27.2 Å². The molecule has 156 valence electrons. The van der Waals surface area contributed by atoms with Gasteiger partial charge >= 0.3 is 0 Å². The van der Waals surface area contributed by atoms with E-state index >= 15 is 0 Å². The molecular formula is C24H27N3O3. The van der Waals surface area contributed by atoms with Gasteiger partial charge in [0.05, 0.1) is 16.7 Å². The largest absolute Gasteiger partial charge is 0.366 e. The number of carbonyl (C=O) groups is 3. The lowest BCUT2D eigenvalue weighted by Crippen LogP contribution is -2.32. The number of nitrogens with zero attached hydrogens (tertiary/aromatic N) is 2. The third-order valence-electron chi connectivity index (χ3n) is 6.35. The van der Waals surface area contributed by atoms with Gasteiger partial charge in [-0.25, -0.2) is 0 Å². The molecular weight excluding hydrogens is 378 g/mol. The van der Waals surface area contributed by atoms with Crippen molar-refractivity contribution in [2.24, 2.45) is 5.73 Å². The number of nitrogens with two attached hydrogens (primary N) is 1. The Labute approximate surface area is 176 Å². The van der Waals surface area contributed by atoms with Gasteiger partial charge in [-0.3, -0.25) is 19.3 Å². The van der Waals surface area contributed by atoms with Crippen molar-refractivity contribution in [1.82, 2.24) is 9.80 Å². The van der Waals surface area contributed by atoms with Crippen molar-refractivity contribution in [3.63, 3.8) is 0 Å². The van der Waals surface area contributed by atoms with E-state index in [1.54, 1.807) is 12.1 Å². The summed E-state index contributed by atoms with van der Waals surface area (Å²) in [5, 5.41) is 0. The molecule has 0 spiro atoms. The second-order valence-electron chi connectivity index (χ2n) is 8.63. The van der Waals surface area contributed by atoms with Crippen molar-refractivity contribution >= 4 is 17.7 Å². The lowest BCUT2D eigenvalue weighted by molar-refractivity contribution is 0.0654. The second-order valence-corrected chi connectivity index (χ2v) is 8.63. The first-order valence-electron chi connectivity index (χ1n) is 10.4. The van der Waals surface area contributed by atoms with Crippen molar-refractivity contribution in [3.8, 4) is 0 Å². The van der Waals surface area contributed by atoms with E-state index < -0.39 is 11.8 Å². The number of carbonyl (C=O) groups excluding carboxylic acids is 3. The fourth-order valence-corrected chi connectivity index (χ4v) is 4.28. The molecule has 0 bridgehead atoms. The normalized spacial score (nSPS) is 16.8. The first-order chi connectivity index (χ1) is 14.3. The van der Waals surface area contributed by atoms with Crippen LogP contribution in [0.3, 0.4) is 0 Å². The van der Waals surface area contributed by atoms with Gasteiger partial charge in [0.25, 0.3) is 11.8 Å². The molecule has 1 aliphatic carbocycles. The molecule has 2 aromatic carbocycles. The van der Waals surface area contributed by atoms with Gasteiger partial charge in [-0.2, -0.15) is 0 Å². The Balaban J connectivity index is 1.43. The van der Waals surface area contributed by atoms with Gasteiger partial charge in [0.15, 0.2) is 0 Å².